The first-order chi connectivity index (χ1) is 6.40. The van der Waals surface area contributed by atoms with Gasteiger partial charge in [0.15, 0.2) is 0 Å². The zero-order valence-corrected chi connectivity index (χ0v) is 7.95. The maximum atomic E-state index is 8.47. The summed E-state index contributed by atoms with van der Waals surface area (Å²) in [6.07, 6.45) is 0. The highest BCUT2D eigenvalue weighted by molar-refractivity contribution is 6.46. The predicted molar refractivity (Wildman–Crippen MR) is 51.9 cm³/mol. The molecule has 3 nitrogen and oxygen atoms in total. The Labute approximate surface area is 78.3 Å². The minimum atomic E-state index is -0.228. The molecule has 0 aliphatic carbocycles. The van der Waals surface area contributed by atoms with Crippen LogP contribution in [-0.2, 0) is 4.43 Å². The molecule has 1 heterocycles. The number of H-pyrrole nitrogens is 1. The van der Waals surface area contributed by atoms with E-state index in [1.165, 1.54) is 5.39 Å². The number of hydrogen-bond donors (Lipinski definition) is 2. The van der Waals surface area contributed by atoms with Crippen LogP contribution >= 0.6 is 0 Å². The molecule has 0 spiro atoms. The molecule has 0 bridgehead atoms. The Hall–Kier alpha value is -1.10. The van der Waals surface area contributed by atoms with Gasteiger partial charge in [-0.15, -0.1) is 0 Å². The highest BCUT2D eigenvalue weighted by atomic mass is 28.2. The van der Waals surface area contributed by atoms with Crippen molar-refractivity contribution < 1.29 is 9.53 Å². The van der Waals surface area contributed by atoms with Crippen LogP contribution < -0.4 is 5.32 Å². The van der Waals surface area contributed by atoms with E-state index in [1.807, 2.05) is 30.3 Å². The lowest BCUT2D eigenvalue weighted by atomic mass is 10.3. The third-order valence-electron chi connectivity index (χ3n) is 1.78. The van der Waals surface area contributed by atoms with Crippen molar-refractivity contribution in [3.8, 4) is 0 Å². The summed E-state index contributed by atoms with van der Waals surface area (Å²) in [5.41, 5.74) is 1.10. The topological polar surface area (TPSA) is 45.2 Å². The van der Waals surface area contributed by atoms with Crippen molar-refractivity contribution in [1.29, 1.82) is 0 Å². The number of aromatic nitrogens is 1. The fraction of sp³-hybridized carbons (Fsp3) is 0.111. The van der Waals surface area contributed by atoms with Crippen LogP contribution in [0.15, 0.2) is 30.3 Å². The molecule has 2 radical (unpaired) electrons. The minimum Gasteiger partial charge on any atom is -0.388 e. The van der Waals surface area contributed by atoms with Crippen LogP contribution in [0.4, 0.5) is 0 Å². The van der Waals surface area contributed by atoms with Crippen LogP contribution in [0, 0.1) is 0 Å². The molecule has 1 aromatic carbocycles. The molecule has 0 saturated carbocycles. The van der Waals surface area contributed by atoms with E-state index >= 15 is 0 Å². The molecule has 2 rings (SSSR count). The Morgan fingerprint density at radius 1 is 1.38 bits per heavy atom. The van der Waals surface area contributed by atoms with Crippen LogP contribution in [0.25, 0.3) is 10.9 Å². The lowest BCUT2D eigenvalue weighted by Crippen LogP contribution is -2.18. The molecule has 2 N–H and O–H groups in total. The van der Waals surface area contributed by atoms with Crippen molar-refractivity contribution in [3.05, 3.63) is 30.3 Å². The van der Waals surface area contributed by atoms with Gasteiger partial charge in [0.2, 0.25) is 0 Å². The van der Waals surface area contributed by atoms with Crippen molar-refractivity contribution in [2.75, 3.05) is 6.79 Å². The maximum Gasteiger partial charge on any atom is 0.290 e. The number of para-hydroxylation sites is 1. The molecule has 0 saturated heterocycles. The monoisotopic (exact) mass is 191 g/mol. The normalized spacial score (nSPS) is 10.8. The Kier molecular flexibility index (Phi) is 2.44. The van der Waals surface area contributed by atoms with Crippen LogP contribution in [0.5, 0.6) is 0 Å². The van der Waals surface area contributed by atoms with E-state index in [2.05, 4.69) is 4.98 Å². The quantitative estimate of drug-likeness (QED) is 0.544. The molecule has 66 valence electrons. The van der Waals surface area contributed by atoms with E-state index in [-0.39, 0.29) is 16.6 Å². The van der Waals surface area contributed by atoms with Gasteiger partial charge in [-0.3, -0.25) is 0 Å². The van der Waals surface area contributed by atoms with Crippen molar-refractivity contribution in [3.63, 3.8) is 0 Å². The summed E-state index contributed by atoms with van der Waals surface area (Å²) in [5.74, 6) is 0. The average molecular weight is 191 g/mol. The predicted octanol–water partition coefficient (Wildman–Crippen LogP) is 0.379. The number of hydrogen-bond acceptors (Lipinski definition) is 2. The van der Waals surface area contributed by atoms with Crippen LogP contribution in [0.1, 0.15) is 0 Å². The van der Waals surface area contributed by atoms with Crippen LogP contribution in [0.3, 0.4) is 0 Å². The fourth-order valence-electron chi connectivity index (χ4n) is 1.24. The van der Waals surface area contributed by atoms with Gasteiger partial charge in [0.1, 0.15) is 6.79 Å². The van der Waals surface area contributed by atoms with Crippen molar-refractivity contribution in [2.45, 2.75) is 0 Å². The van der Waals surface area contributed by atoms with Crippen molar-refractivity contribution in [1.82, 2.24) is 4.98 Å². The number of aromatic amines is 1. The largest absolute Gasteiger partial charge is 0.388 e. The molecule has 0 fully saturated rings. The first-order valence-electron chi connectivity index (χ1n) is 3.96. The third-order valence-corrected chi connectivity index (χ3v) is 2.54. The molecule has 0 unspecified atom stereocenters. The fourth-order valence-corrected chi connectivity index (χ4v) is 1.86. The number of aliphatic hydroxyl groups excluding tert-OH is 1. The second kappa shape index (κ2) is 3.74. The Morgan fingerprint density at radius 3 is 3.00 bits per heavy atom. The van der Waals surface area contributed by atoms with Gasteiger partial charge in [0.05, 0.1) is 0 Å². The van der Waals surface area contributed by atoms with Gasteiger partial charge in [0.25, 0.3) is 9.76 Å². The molecular formula is C9H9NO2Si. The maximum absolute atomic E-state index is 8.47. The first-order valence-corrected chi connectivity index (χ1v) is 4.87. The van der Waals surface area contributed by atoms with Crippen LogP contribution in [0.2, 0.25) is 0 Å². The smallest absolute Gasteiger partial charge is 0.290 e. The zero-order valence-electron chi connectivity index (χ0n) is 6.95. The lowest BCUT2D eigenvalue weighted by Gasteiger charge is -1.92. The molecule has 13 heavy (non-hydrogen) atoms. The molecular weight excluding hydrogens is 182 g/mol. The van der Waals surface area contributed by atoms with Gasteiger partial charge in [-0.05, 0) is 17.5 Å². The lowest BCUT2D eigenvalue weighted by molar-refractivity contribution is 0.105. The van der Waals surface area contributed by atoms with Gasteiger partial charge in [-0.1, -0.05) is 18.2 Å². The SMILES string of the molecule is OCO[Si]c1cc2ccccc2[nH]1. The molecule has 0 aliphatic heterocycles. The van der Waals surface area contributed by atoms with Crippen LogP contribution in [-0.4, -0.2) is 26.6 Å². The second-order valence-electron chi connectivity index (χ2n) is 2.65. The number of benzene rings is 1. The summed E-state index contributed by atoms with van der Waals surface area (Å²) < 4.78 is 4.90. The number of aliphatic hydroxyl groups is 1. The molecule has 1 aromatic heterocycles. The molecule has 0 atom stereocenters. The summed E-state index contributed by atoms with van der Waals surface area (Å²) in [6.45, 7) is -0.228. The summed E-state index contributed by atoms with van der Waals surface area (Å²) in [5, 5.41) is 10.7. The van der Waals surface area contributed by atoms with Gasteiger partial charge >= 0.3 is 0 Å². The van der Waals surface area contributed by atoms with Crippen molar-refractivity contribution >= 4 is 26.0 Å². The van der Waals surface area contributed by atoms with E-state index in [0.29, 0.717) is 0 Å². The first kappa shape index (κ1) is 8.49. The highest BCUT2D eigenvalue weighted by Crippen LogP contribution is 2.08. The molecule has 4 heteroatoms. The van der Waals surface area contributed by atoms with Gasteiger partial charge in [-0.25, -0.2) is 0 Å². The Morgan fingerprint density at radius 2 is 2.23 bits per heavy atom. The standard InChI is InChI=1S/C9H9NO2Si/c11-6-12-13-9-5-7-3-1-2-4-8(7)10-9/h1-5,10-11H,6H2. The number of nitrogens with one attached hydrogen (secondary N) is 1. The molecule has 2 aromatic rings. The van der Waals surface area contributed by atoms with E-state index in [4.69, 9.17) is 9.53 Å². The molecule has 0 aliphatic rings. The zero-order chi connectivity index (χ0) is 9.10. The summed E-state index contributed by atoms with van der Waals surface area (Å²) in [4.78, 5) is 3.21. The Bertz CT molecular complexity index is 366. The van der Waals surface area contributed by atoms with E-state index in [0.717, 1.165) is 10.8 Å². The second-order valence-corrected chi connectivity index (χ2v) is 3.68. The van der Waals surface area contributed by atoms with E-state index in [9.17, 15) is 0 Å². The van der Waals surface area contributed by atoms with Gasteiger partial charge < -0.3 is 14.5 Å². The van der Waals surface area contributed by atoms with E-state index in [1.54, 1.807) is 0 Å². The number of rotatable bonds is 3. The highest BCUT2D eigenvalue weighted by Gasteiger charge is 2.00. The van der Waals surface area contributed by atoms with Crippen molar-refractivity contribution in [2.24, 2.45) is 0 Å². The summed E-state index contributed by atoms with van der Waals surface area (Å²) in [7, 11) is 0.182. The minimum absolute atomic E-state index is 0.182. The molecule has 0 amide bonds. The summed E-state index contributed by atoms with van der Waals surface area (Å²) in [6, 6.07) is 10.1. The van der Waals surface area contributed by atoms with E-state index < -0.39 is 0 Å². The average Bonchev–Trinajstić information content (AvgIpc) is 2.57. The third kappa shape index (κ3) is 1.80. The number of fused-ring (bicyclic) bond motifs is 1. The Balaban J connectivity index is 2.28. The van der Waals surface area contributed by atoms with Gasteiger partial charge in [0, 0.05) is 10.8 Å². The van der Waals surface area contributed by atoms with Gasteiger partial charge in [-0.2, -0.15) is 0 Å². The summed E-state index contributed by atoms with van der Waals surface area (Å²) >= 11 is 0.